The van der Waals surface area contributed by atoms with Crippen LogP contribution in [0.2, 0.25) is 0 Å². The number of epoxide rings is 1. The Morgan fingerprint density at radius 2 is 2.23 bits per heavy atom. The van der Waals surface area contributed by atoms with Gasteiger partial charge in [0.15, 0.2) is 0 Å². The molecule has 1 heteroatoms. The molecule has 1 aliphatic carbocycles. The summed E-state index contributed by atoms with van der Waals surface area (Å²) in [6, 6.07) is 0. The van der Waals surface area contributed by atoms with Crippen molar-refractivity contribution in [1.82, 2.24) is 0 Å². The van der Waals surface area contributed by atoms with Crippen LogP contribution in [0.5, 0.6) is 0 Å². The molecule has 0 N–H and O–H groups in total. The first-order valence-corrected chi connectivity index (χ1v) is 5.72. The highest BCUT2D eigenvalue weighted by Crippen LogP contribution is 2.39. The van der Waals surface area contributed by atoms with E-state index in [1.165, 1.54) is 38.5 Å². The van der Waals surface area contributed by atoms with Crippen LogP contribution in [-0.4, -0.2) is 12.2 Å². The summed E-state index contributed by atoms with van der Waals surface area (Å²) < 4.78 is 5.50. The molecule has 1 saturated carbocycles. The van der Waals surface area contributed by atoms with E-state index in [0.29, 0.717) is 12.2 Å². The van der Waals surface area contributed by atoms with Gasteiger partial charge in [0.25, 0.3) is 0 Å². The van der Waals surface area contributed by atoms with E-state index >= 15 is 0 Å². The molecule has 74 valence electrons. The van der Waals surface area contributed by atoms with Crippen LogP contribution in [0.4, 0.5) is 0 Å². The van der Waals surface area contributed by atoms with Gasteiger partial charge in [-0.15, -0.1) is 0 Å². The summed E-state index contributed by atoms with van der Waals surface area (Å²) >= 11 is 0. The first-order chi connectivity index (χ1) is 6.40. The number of fused-ring (bicyclic) bond motifs is 1. The summed E-state index contributed by atoms with van der Waals surface area (Å²) in [6.07, 6.45) is 13.9. The van der Waals surface area contributed by atoms with Crippen molar-refractivity contribution in [3.63, 3.8) is 0 Å². The second-order valence-corrected chi connectivity index (χ2v) is 4.36. The number of unbranched alkanes of at least 4 members (excludes halogenated alkanes) is 2. The fraction of sp³-hybridized carbons (Fsp3) is 0.833. The lowest BCUT2D eigenvalue weighted by atomic mass is 9.89. The van der Waals surface area contributed by atoms with Gasteiger partial charge in [-0.2, -0.15) is 0 Å². The molecule has 3 atom stereocenters. The summed E-state index contributed by atoms with van der Waals surface area (Å²) in [5, 5.41) is 0. The van der Waals surface area contributed by atoms with Crippen LogP contribution in [0.3, 0.4) is 0 Å². The molecule has 0 bridgehead atoms. The lowest BCUT2D eigenvalue weighted by Crippen LogP contribution is -2.10. The minimum Gasteiger partial charge on any atom is -0.370 e. The Morgan fingerprint density at radius 1 is 1.31 bits per heavy atom. The summed E-state index contributed by atoms with van der Waals surface area (Å²) in [4.78, 5) is 0. The molecular weight excluding hydrogens is 160 g/mol. The van der Waals surface area contributed by atoms with Gasteiger partial charge in [0.05, 0.1) is 12.2 Å². The SMILES string of the molecule is CCCCC=CC1CCC2OC2C1. The second kappa shape index (κ2) is 4.28. The highest BCUT2D eigenvalue weighted by molar-refractivity contribution is 4.99. The molecule has 0 aromatic rings. The van der Waals surface area contributed by atoms with E-state index in [1.807, 2.05) is 0 Å². The fourth-order valence-corrected chi connectivity index (χ4v) is 2.22. The standard InChI is InChI=1S/C12H20O/c1-2-3-4-5-6-10-7-8-11-12(9-10)13-11/h5-6,10-12H,2-4,7-9H2,1H3. The van der Waals surface area contributed by atoms with Crippen molar-refractivity contribution in [2.75, 3.05) is 0 Å². The lowest BCUT2D eigenvalue weighted by Gasteiger charge is -2.14. The predicted molar refractivity (Wildman–Crippen MR) is 54.7 cm³/mol. The molecule has 2 fully saturated rings. The Morgan fingerprint density at radius 3 is 3.00 bits per heavy atom. The quantitative estimate of drug-likeness (QED) is 0.367. The van der Waals surface area contributed by atoms with E-state index in [2.05, 4.69) is 19.1 Å². The third-order valence-electron chi connectivity index (χ3n) is 3.18. The van der Waals surface area contributed by atoms with Crippen LogP contribution in [0.15, 0.2) is 12.2 Å². The third-order valence-corrected chi connectivity index (χ3v) is 3.18. The van der Waals surface area contributed by atoms with Gasteiger partial charge in [-0.3, -0.25) is 0 Å². The largest absolute Gasteiger partial charge is 0.370 e. The molecule has 0 amide bonds. The molecular formula is C12H20O. The van der Waals surface area contributed by atoms with Crippen molar-refractivity contribution in [2.45, 2.75) is 57.7 Å². The molecule has 2 rings (SSSR count). The van der Waals surface area contributed by atoms with Crippen LogP contribution in [-0.2, 0) is 4.74 Å². The van der Waals surface area contributed by atoms with E-state index < -0.39 is 0 Å². The molecule has 0 aromatic heterocycles. The molecule has 0 aromatic carbocycles. The summed E-state index contributed by atoms with van der Waals surface area (Å²) in [6.45, 7) is 2.25. The van der Waals surface area contributed by atoms with E-state index in [9.17, 15) is 0 Å². The zero-order valence-corrected chi connectivity index (χ0v) is 8.54. The van der Waals surface area contributed by atoms with Crippen LogP contribution >= 0.6 is 0 Å². The highest BCUT2D eigenvalue weighted by Gasteiger charge is 2.42. The van der Waals surface area contributed by atoms with Crippen LogP contribution in [0, 0.1) is 5.92 Å². The van der Waals surface area contributed by atoms with Crippen LogP contribution in [0.25, 0.3) is 0 Å². The predicted octanol–water partition coefficient (Wildman–Crippen LogP) is 3.30. The third kappa shape index (κ3) is 2.57. The van der Waals surface area contributed by atoms with Gasteiger partial charge in [0.2, 0.25) is 0 Å². The maximum absolute atomic E-state index is 5.50. The van der Waals surface area contributed by atoms with Crippen LogP contribution in [0.1, 0.15) is 45.4 Å². The molecule has 2 aliphatic rings. The van der Waals surface area contributed by atoms with Crippen molar-refractivity contribution in [3.05, 3.63) is 12.2 Å². The average Bonchev–Trinajstić information content (AvgIpc) is 2.90. The minimum atomic E-state index is 0.634. The normalized spacial score (nSPS) is 37.8. The van der Waals surface area contributed by atoms with Gasteiger partial charge in [-0.25, -0.2) is 0 Å². The number of hydrogen-bond acceptors (Lipinski definition) is 1. The molecule has 13 heavy (non-hydrogen) atoms. The van der Waals surface area contributed by atoms with E-state index in [-0.39, 0.29) is 0 Å². The molecule has 0 radical (unpaired) electrons. The maximum atomic E-state index is 5.50. The van der Waals surface area contributed by atoms with Crippen molar-refractivity contribution in [2.24, 2.45) is 5.92 Å². The van der Waals surface area contributed by atoms with Gasteiger partial charge in [-0.05, 0) is 31.6 Å². The summed E-state index contributed by atoms with van der Waals surface area (Å²) in [7, 11) is 0. The van der Waals surface area contributed by atoms with Gasteiger partial charge in [-0.1, -0.05) is 31.9 Å². The Kier molecular flexibility index (Phi) is 3.05. The van der Waals surface area contributed by atoms with E-state index in [4.69, 9.17) is 4.74 Å². The van der Waals surface area contributed by atoms with Gasteiger partial charge >= 0.3 is 0 Å². The van der Waals surface area contributed by atoms with Crippen molar-refractivity contribution < 1.29 is 4.74 Å². The molecule has 1 nitrogen and oxygen atoms in total. The Hall–Kier alpha value is -0.300. The number of allylic oxidation sites excluding steroid dienone is 2. The van der Waals surface area contributed by atoms with E-state index in [1.54, 1.807) is 0 Å². The summed E-state index contributed by atoms with van der Waals surface area (Å²) in [5.74, 6) is 0.820. The van der Waals surface area contributed by atoms with Gasteiger partial charge < -0.3 is 4.74 Å². The second-order valence-electron chi connectivity index (χ2n) is 4.36. The number of hydrogen-bond donors (Lipinski definition) is 0. The Labute approximate surface area is 81.2 Å². The number of rotatable bonds is 4. The monoisotopic (exact) mass is 180 g/mol. The Balaban J connectivity index is 1.66. The first kappa shape index (κ1) is 9.26. The smallest absolute Gasteiger partial charge is 0.0847 e. The van der Waals surface area contributed by atoms with Gasteiger partial charge in [0.1, 0.15) is 0 Å². The molecule has 1 saturated heterocycles. The maximum Gasteiger partial charge on any atom is 0.0847 e. The van der Waals surface area contributed by atoms with Crippen molar-refractivity contribution >= 4 is 0 Å². The average molecular weight is 180 g/mol. The molecule has 1 heterocycles. The number of ether oxygens (including phenoxy) is 1. The molecule has 3 unspecified atom stereocenters. The van der Waals surface area contributed by atoms with Crippen molar-refractivity contribution in [1.29, 1.82) is 0 Å². The highest BCUT2D eigenvalue weighted by atomic mass is 16.6. The first-order valence-electron chi connectivity index (χ1n) is 5.72. The summed E-state index contributed by atoms with van der Waals surface area (Å²) in [5.41, 5.74) is 0. The zero-order chi connectivity index (χ0) is 9.10. The zero-order valence-electron chi connectivity index (χ0n) is 8.54. The lowest BCUT2D eigenvalue weighted by molar-refractivity contribution is 0.370. The van der Waals surface area contributed by atoms with Gasteiger partial charge in [0, 0.05) is 0 Å². The molecule has 1 aliphatic heterocycles. The van der Waals surface area contributed by atoms with Crippen molar-refractivity contribution in [3.8, 4) is 0 Å². The van der Waals surface area contributed by atoms with E-state index in [0.717, 1.165) is 5.92 Å². The topological polar surface area (TPSA) is 12.5 Å². The minimum absolute atomic E-state index is 0.634. The molecule has 0 spiro atoms. The van der Waals surface area contributed by atoms with Crippen LogP contribution < -0.4 is 0 Å². The fourth-order valence-electron chi connectivity index (χ4n) is 2.22. The Bertz CT molecular complexity index is 186.